The largest absolute Gasteiger partial charge is 0.456 e. The van der Waals surface area contributed by atoms with E-state index in [1.807, 2.05) is 24.4 Å². The summed E-state index contributed by atoms with van der Waals surface area (Å²) in [4.78, 5) is 4.48. The van der Waals surface area contributed by atoms with Gasteiger partial charge in [0.25, 0.3) is 0 Å². The summed E-state index contributed by atoms with van der Waals surface area (Å²) in [6.07, 6.45) is 12.6. The van der Waals surface area contributed by atoms with Gasteiger partial charge in [-0.05, 0) is 65.2 Å². The minimum atomic E-state index is 0.919. The molecule has 1 aliphatic carbocycles. The molecule has 2 heterocycles. The molecule has 1 aliphatic rings. The Labute approximate surface area is 137 Å². The van der Waals surface area contributed by atoms with Crippen LogP contribution >= 0.6 is 15.9 Å². The van der Waals surface area contributed by atoms with Crippen molar-refractivity contribution in [2.75, 3.05) is 0 Å². The van der Waals surface area contributed by atoms with Gasteiger partial charge in [-0.1, -0.05) is 18.2 Å². The molecule has 0 saturated carbocycles. The van der Waals surface area contributed by atoms with Gasteiger partial charge in [0, 0.05) is 27.2 Å². The maximum atomic E-state index is 5.97. The Morgan fingerprint density at radius 3 is 2.68 bits per heavy atom. The van der Waals surface area contributed by atoms with E-state index in [1.165, 1.54) is 0 Å². The molecular formula is C19H14BrNO. The van der Waals surface area contributed by atoms with Crippen LogP contribution in [0.5, 0.6) is 0 Å². The molecule has 0 spiro atoms. The molecule has 1 aromatic carbocycles. The van der Waals surface area contributed by atoms with E-state index in [4.69, 9.17) is 4.42 Å². The summed E-state index contributed by atoms with van der Waals surface area (Å²) in [5, 5.41) is 1.14. The monoisotopic (exact) mass is 351 g/mol. The van der Waals surface area contributed by atoms with Crippen molar-refractivity contribution in [3.63, 3.8) is 0 Å². The number of aromatic nitrogens is 1. The average molecular weight is 352 g/mol. The molecule has 3 aromatic rings. The van der Waals surface area contributed by atoms with Crippen molar-refractivity contribution in [2.45, 2.75) is 12.8 Å². The lowest BCUT2D eigenvalue weighted by atomic mass is 10.0. The third-order valence-electron chi connectivity index (χ3n) is 3.83. The molecule has 3 heteroatoms. The standard InChI is InChI=1S/C19H14BrNO/c20-14-8-9-17(21-12-14)13-7-10-19-16(11-13)15-5-3-1-2-4-6-18(15)22-19/h3-12H,1-2H2/b5-3-,6-4-. The van der Waals surface area contributed by atoms with Gasteiger partial charge in [-0.15, -0.1) is 0 Å². The summed E-state index contributed by atoms with van der Waals surface area (Å²) < 4.78 is 6.96. The van der Waals surface area contributed by atoms with Gasteiger partial charge in [-0.25, -0.2) is 0 Å². The number of hydrogen-bond acceptors (Lipinski definition) is 2. The predicted molar refractivity (Wildman–Crippen MR) is 94.4 cm³/mol. The SMILES string of the molecule is Brc1ccc(-c2ccc3oc4c(c3c2)/C=C\CC/C=C\4)nc1. The summed E-state index contributed by atoms with van der Waals surface area (Å²) in [5.41, 5.74) is 4.14. The van der Waals surface area contributed by atoms with Gasteiger partial charge in [0.1, 0.15) is 11.3 Å². The third kappa shape index (κ3) is 2.42. The topological polar surface area (TPSA) is 26.0 Å². The van der Waals surface area contributed by atoms with E-state index in [0.29, 0.717) is 0 Å². The van der Waals surface area contributed by atoms with Crippen LogP contribution < -0.4 is 0 Å². The fourth-order valence-electron chi connectivity index (χ4n) is 2.72. The van der Waals surface area contributed by atoms with Crippen molar-refractivity contribution in [1.29, 1.82) is 0 Å². The Morgan fingerprint density at radius 1 is 1.00 bits per heavy atom. The molecule has 0 atom stereocenters. The van der Waals surface area contributed by atoms with E-state index in [0.717, 1.165) is 50.9 Å². The third-order valence-corrected chi connectivity index (χ3v) is 4.30. The highest BCUT2D eigenvalue weighted by molar-refractivity contribution is 9.10. The smallest absolute Gasteiger partial charge is 0.135 e. The molecule has 2 nitrogen and oxygen atoms in total. The molecule has 0 fully saturated rings. The zero-order valence-corrected chi connectivity index (χ0v) is 13.5. The van der Waals surface area contributed by atoms with Crippen LogP contribution in [-0.2, 0) is 0 Å². The summed E-state index contributed by atoms with van der Waals surface area (Å²) in [7, 11) is 0. The lowest BCUT2D eigenvalue weighted by Crippen LogP contribution is -1.83. The Hall–Kier alpha value is -2.13. The van der Waals surface area contributed by atoms with Crippen LogP contribution in [0.2, 0.25) is 0 Å². The van der Waals surface area contributed by atoms with Crippen molar-refractivity contribution < 1.29 is 4.42 Å². The van der Waals surface area contributed by atoms with Crippen molar-refractivity contribution in [1.82, 2.24) is 4.98 Å². The Kier molecular flexibility index (Phi) is 3.43. The summed E-state index contributed by atoms with van der Waals surface area (Å²) in [6, 6.07) is 10.3. The van der Waals surface area contributed by atoms with Gasteiger partial charge in [0.2, 0.25) is 0 Å². The molecule has 0 aliphatic heterocycles. The van der Waals surface area contributed by atoms with Crippen molar-refractivity contribution in [3.8, 4) is 11.3 Å². The number of allylic oxidation sites excluding steroid dienone is 2. The first-order valence-electron chi connectivity index (χ1n) is 7.33. The maximum absolute atomic E-state index is 5.97. The molecule has 0 unspecified atom stereocenters. The van der Waals surface area contributed by atoms with Gasteiger partial charge in [0.05, 0.1) is 5.69 Å². The van der Waals surface area contributed by atoms with E-state index >= 15 is 0 Å². The van der Waals surface area contributed by atoms with E-state index in [2.05, 4.69) is 57.4 Å². The molecule has 4 rings (SSSR count). The van der Waals surface area contributed by atoms with E-state index < -0.39 is 0 Å². The number of nitrogens with zero attached hydrogens (tertiary/aromatic N) is 1. The number of benzene rings is 1. The predicted octanol–water partition coefficient (Wildman–Crippen LogP) is 6.08. The Balaban J connectivity index is 1.90. The molecule has 0 N–H and O–H groups in total. The lowest BCUT2D eigenvalue weighted by Gasteiger charge is -2.01. The van der Waals surface area contributed by atoms with Crippen LogP contribution in [0.3, 0.4) is 0 Å². The fraction of sp³-hybridized carbons (Fsp3) is 0.105. The van der Waals surface area contributed by atoms with Crippen molar-refractivity contribution in [2.24, 2.45) is 0 Å². The van der Waals surface area contributed by atoms with E-state index in [1.54, 1.807) is 0 Å². The van der Waals surface area contributed by atoms with Crippen molar-refractivity contribution >= 4 is 39.1 Å². The minimum absolute atomic E-state index is 0.919. The molecule has 0 amide bonds. The molecule has 22 heavy (non-hydrogen) atoms. The lowest BCUT2D eigenvalue weighted by molar-refractivity contribution is 0.603. The Bertz CT molecular complexity index is 888. The number of pyridine rings is 1. The van der Waals surface area contributed by atoms with Crippen LogP contribution in [0.15, 0.2) is 57.6 Å². The first-order valence-corrected chi connectivity index (χ1v) is 8.12. The zero-order chi connectivity index (χ0) is 14.9. The quantitative estimate of drug-likeness (QED) is 0.531. The summed E-state index contributed by atoms with van der Waals surface area (Å²) in [6.45, 7) is 0. The highest BCUT2D eigenvalue weighted by Crippen LogP contribution is 2.32. The second-order valence-corrected chi connectivity index (χ2v) is 6.25. The molecule has 0 radical (unpaired) electrons. The molecule has 0 bridgehead atoms. The summed E-state index contributed by atoms with van der Waals surface area (Å²) in [5.74, 6) is 0.937. The van der Waals surface area contributed by atoms with Crippen LogP contribution in [0.25, 0.3) is 34.4 Å². The van der Waals surface area contributed by atoms with Crippen LogP contribution in [0.1, 0.15) is 24.2 Å². The average Bonchev–Trinajstić information content (AvgIpc) is 2.84. The first-order chi connectivity index (χ1) is 10.8. The second kappa shape index (κ2) is 5.58. The van der Waals surface area contributed by atoms with Crippen LogP contribution in [-0.4, -0.2) is 4.98 Å². The molecule has 108 valence electrons. The Morgan fingerprint density at radius 2 is 1.86 bits per heavy atom. The summed E-state index contributed by atoms with van der Waals surface area (Å²) >= 11 is 3.42. The van der Waals surface area contributed by atoms with E-state index in [9.17, 15) is 0 Å². The molecule has 2 aromatic heterocycles. The highest BCUT2D eigenvalue weighted by Gasteiger charge is 2.12. The number of furan rings is 1. The maximum Gasteiger partial charge on any atom is 0.135 e. The minimum Gasteiger partial charge on any atom is -0.456 e. The van der Waals surface area contributed by atoms with Gasteiger partial charge in [-0.3, -0.25) is 4.98 Å². The van der Waals surface area contributed by atoms with E-state index in [-0.39, 0.29) is 0 Å². The van der Waals surface area contributed by atoms with Gasteiger partial charge < -0.3 is 4.42 Å². The number of hydrogen-bond donors (Lipinski definition) is 0. The highest BCUT2D eigenvalue weighted by atomic mass is 79.9. The zero-order valence-electron chi connectivity index (χ0n) is 11.9. The normalized spacial score (nSPS) is 16.8. The van der Waals surface area contributed by atoms with Crippen LogP contribution in [0.4, 0.5) is 0 Å². The fourth-order valence-corrected chi connectivity index (χ4v) is 2.96. The molecule has 0 saturated heterocycles. The molecular weight excluding hydrogens is 338 g/mol. The van der Waals surface area contributed by atoms with Gasteiger partial charge in [-0.2, -0.15) is 0 Å². The van der Waals surface area contributed by atoms with Gasteiger partial charge in [0.15, 0.2) is 0 Å². The number of fused-ring (bicyclic) bond motifs is 3. The number of halogens is 1. The first kappa shape index (κ1) is 13.5. The van der Waals surface area contributed by atoms with Crippen LogP contribution in [0, 0.1) is 0 Å². The second-order valence-electron chi connectivity index (χ2n) is 5.33. The van der Waals surface area contributed by atoms with Crippen molar-refractivity contribution in [3.05, 3.63) is 64.5 Å². The van der Waals surface area contributed by atoms with Gasteiger partial charge >= 0.3 is 0 Å². The number of rotatable bonds is 1.